The molecule has 0 unspecified atom stereocenters. The van der Waals surface area contributed by atoms with E-state index in [2.05, 4.69) is 6.92 Å². The molecule has 7 heteroatoms. The summed E-state index contributed by atoms with van der Waals surface area (Å²) >= 11 is 0. The molecule has 0 heterocycles. The molecule has 0 aliphatic heterocycles. The van der Waals surface area contributed by atoms with Gasteiger partial charge in [-0.2, -0.15) is 0 Å². The number of carbonyl (C=O) groups excluding carboxylic acids is 2. The van der Waals surface area contributed by atoms with Gasteiger partial charge in [0.15, 0.2) is 0 Å². The average Bonchev–Trinajstić information content (AvgIpc) is 2.70. The van der Waals surface area contributed by atoms with Gasteiger partial charge in [0.25, 0.3) is 5.69 Å². The Morgan fingerprint density at radius 2 is 1.48 bits per heavy atom. The van der Waals surface area contributed by atoms with Gasteiger partial charge in [-0.25, -0.2) is 0 Å². The second-order valence-corrected chi connectivity index (χ2v) is 7.09. The number of benzene rings is 1. The minimum absolute atomic E-state index is 0.0437. The Labute approximate surface area is 172 Å². The number of hydrogen-bond donors (Lipinski definition) is 0. The SMILES string of the molecule is CCCCOC(=O)CCCCCCCCC(=O)OCCc1cccc([N+](=O)[O-])c1. The summed E-state index contributed by atoms with van der Waals surface area (Å²) in [6, 6.07) is 6.35. The molecule has 0 atom stereocenters. The van der Waals surface area contributed by atoms with Gasteiger partial charge in [-0.05, 0) is 24.8 Å². The Hall–Kier alpha value is -2.44. The number of hydrogen-bond acceptors (Lipinski definition) is 6. The lowest BCUT2D eigenvalue weighted by molar-refractivity contribution is -0.384. The number of nitrogens with zero attached hydrogens (tertiary/aromatic N) is 1. The maximum atomic E-state index is 11.7. The van der Waals surface area contributed by atoms with E-state index in [-0.39, 0.29) is 24.2 Å². The molecule has 0 amide bonds. The van der Waals surface area contributed by atoms with Crippen LogP contribution in [0.3, 0.4) is 0 Å². The first kappa shape index (κ1) is 24.6. The Morgan fingerprint density at radius 3 is 2.07 bits per heavy atom. The van der Waals surface area contributed by atoms with E-state index in [9.17, 15) is 19.7 Å². The van der Waals surface area contributed by atoms with Gasteiger partial charge in [-0.1, -0.05) is 51.2 Å². The first-order valence-electron chi connectivity index (χ1n) is 10.6. The Bertz CT molecular complexity index is 631. The lowest BCUT2D eigenvalue weighted by atomic mass is 10.1. The number of nitro groups is 1. The van der Waals surface area contributed by atoms with Crippen LogP contribution in [0.5, 0.6) is 0 Å². The molecular formula is C22H33NO6. The van der Waals surface area contributed by atoms with E-state index in [1.54, 1.807) is 12.1 Å². The number of rotatable bonds is 16. The van der Waals surface area contributed by atoms with E-state index >= 15 is 0 Å². The topological polar surface area (TPSA) is 95.7 Å². The van der Waals surface area contributed by atoms with Gasteiger partial charge >= 0.3 is 11.9 Å². The Morgan fingerprint density at radius 1 is 0.897 bits per heavy atom. The van der Waals surface area contributed by atoms with Crippen molar-refractivity contribution in [3.8, 4) is 0 Å². The smallest absolute Gasteiger partial charge is 0.305 e. The van der Waals surface area contributed by atoms with Crippen molar-refractivity contribution in [2.75, 3.05) is 13.2 Å². The van der Waals surface area contributed by atoms with Crippen LogP contribution in [0.25, 0.3) is 0 Å². The maximum Gasteiger partial charge on any atom is 0.305 e. The monoisotopic (exact) mass is 407 g/mol. The van der Waals surface area contributed by atoms with Gasteiger partial charge in [0.2, 0.25) is 0 Å². The largest absolute Gasteiger partial charge is 0.466 e. The zero-order chi connectivity index (χ0) is 21.3. The van der Waals surface area contributed by atoms with E-state index in [0.717, 1.165) is 56.9 Å². The molecule has 162 valence electrons. The van der Waals surface area contributed by atoms with Gasteiger partial charge < -0.3 is 9.47 Å². The zero-order valence-corrected chi connectivity index (χ0v) is 17.4. The van der Waals surface area contributed by atoms with Crippen LogP contribution in [-0.4, -0.2) is 30.1 Å². The second-order valence-electron chi connectivity index (χ2n) is 7.09. The minimum Gasteiger partial charge on any atom is -0.466 e. The normalized spacial score (nSPS) is 10.5. The molecule has 1 aromatic rings. The summed E-state index contributed by atoms with van der Waals surface area (Å²) in [4.78, 5) is 33.5. The van der Waals surface area contributed by atoms with Gasteiger partial charge in [-0.3, -0.25) is 19.7 Å². The number of esters is 2. The lowest BCUT2D eigenvalue weighted by Gasteiger charge is -2.06. The fourth-order valence-electron chi connectivity index (χ4n) is 2.83. The van der Waals surface area contributed by atoms with Crippen LogP contribution in [0.2, 0.25) is 0 Å². The van der Waals surface area contributed by atoms with E-state index in [1.165, 1.54) is 12.1 Å². The van der Waals surface area contributed by atoms with Crippen LogP contribution < -0.4 is 0 Å². The summed E-state index contributed by atoms with van der Waals surface area (Å²) in [7, 11) is 0. The predicted octanol–water partition coefficient (Wildman–Crippen LogP) is 5.14. The summed E-state index contributed by atoms with van der Waals surface area (Å²) < 4.78 is 10.3. The molecule has 0 saturated heterocycles. The standard InChI is InChI=1S/C22H33NO6/c1-2-3-16-28-21(24)13-8-6-4-5-7-9-14-22(25)29-17-15-19-11-10-12-20(18-19)23(26)27/h10-12,18H,2-9,13-17H2,1H3. The fourth-order valence-corrected chi connectivity index (χ4v) is 2.83. The van der Waals surface area contributed by atoms with E-state index in [4.69, 9.17) is 9.47 Å². The summed E-state index contributed by atoms with van der Waals surface area (Å²) in [6.45, 7) is 2.82. The average molecular weight is 408 g/mol. The third kappa shape index (κ3) is 12.6. The van der Waals surface area contributed by atoms with E-state index in [0.29, 0.717) is 25.9 Å². The third-order valence-corrected chi connectivity index (χ3v) is 4.55. The molecule has 0 bridgehead atoms. The first-order chi connectivity index (χ1) is 14.0. The molecule has 7 nitrogen and oxygen atoms in total. The molecule has 29 heavy (non-hydrogen) atoms. The van der Waals surface area contributed by atoms with E-state index in [1.807, 2.05) is 0 Å². The predicted molar refractivity (Wildman–Crippen MR) is 111 cm³/mol. The fraction of sp³-hybridized carbons (Fsp3) is 0.636. The highest BCUT2D eigenvalue weighted by Gasteiger charge is 2.07. The first-order valence-corrected chi connectivity index (χ1v) is 10.6. The summed E-state index contributed by atoms with van der Waals surface area (Å²) in [6.07, 6.45) is 8.96. The van der Waals surface area contributed by atoms with Gasteiger partial charge in [0.1, 0.15) is 0 Å². The lowest BCUT2D eigenvalue weighted by Crippen LogP contribution is -2.07. The van der Waals surface area contributed by atoms with Crippen LogP contribution in [0.1, 0.15) is 76.7 Å². The van der Waals surface area contributed by atoms with Crippen LogP contribution in [0.4, 0.5) is 5.69 Å². The second kappa shape index (κ2) is 15.5. The number of carbonyl (C=O) groups is 2. The Balaban J connectivity index is 1.97. The van der Waals surface area contributed by atoms with Crippen molar-refractivity contribution >= 4 is 17.6 Å². The molecule has 0 aliphatic carbocycles. The molecule has 0 saturated carbocycles. The van der Waals surface area contributed by atoms with Crippen molar-refractivity contribution in [1.29, 1.82) is 0 Å². The van der Waals surface area contributed by atoms with Gasteiger partial charge in [0.05, 0.1) is 18.1 Å². The Kier molecular flexibility index (Phi) is 13.1. The molecule has 1 aromatic carbocycles. The highest BCUT2D eigenvalue weighted by Crippen LogP contribution is 2.14. The molecule has 1 rings (SSSR count). The highest BCUT2D eigenvalue weighted by molar-refractivity contribution is 5.69. The maximum absolute atomic E-state index is 11.7. The number of ether oxygens (including phenoxy) is 2. The molecule has 0 aliphatic rings. The van der Waals surface area contributed by atoms with Crippen molar-refractivity contribution in [2.45, 2.75) is 77.6 Å². The molecule has 0 radical (unpaired) electrons. The number of non-ortho nitro benzene ring substituents is 1. The molecule has 0 spiro atoms. The number of nitro benzene ring substituents is 1. The van der Waals surface area contributed by atoms with Crippen molar-refractivity contribution in [2.24, 2.45) is 0 Å². The summed E-state index contributed by atoms with van der Waals surface area (Å²) in [5.41, 5.74) is 0.823. The molecule has 0 N–H and O–H groups in total. The van der Waals surface area contributed by atoms with Crippen LogP contribution >= 0.6 is 0 Å². The third-order valence-electron chi connectivity index (χ3n) is 4.55. The number of unbranched alkanes of at least 4 members (excludes halogenated alkanes) is 6. The zero-order valence-electron chi connectivity index (χ0n) is 17.4. The van der Waals surface area contributed by atoms with Crippen molar-refractivity contribution in [1.82, 2.24) is 0 Å². The van der Waals surface area contributed by atoms with Crippen LogP contribution in [-0.2, 0) is 25.5 Å². The highest BCUT2D eigenvalue weighted by atomic mass is 16.6. The van der Waals surface area contributed by atoms with Crippen LogP contribution in [0.15, 0.2) is 24.3 Å². The molecule has 0 aromatic heterocycles. The van der Waals surface area contributed by atoms with Gasteiger partial charge in [-0.15, -0.1) is 0 Å². The van der Waals surface area contributed by atoms with Crippen LogP contribution in [0, 0.1) is 10.1 Å². The molecule has 0 fully saturated rings. The van der Waals surface area contributed by atoms with Gasteiger partial charge in [0, 0.05) is 31.4 Å². The minimum atomic E-state index is -0.436. The summed E-state index contributed by atoms with van der Waals surface area (Å²) in [5, 5.41) is 10.7. The van der Waals surface area contributed by atoms with E-state index < -0.39 is 4.92 Å². The quantitative estimate of drug-likeness (QED) is 0.163. The van der Waals surface area contributed by atoms with Crippen molar-refractivity contribution in [3.05, 3.63) is 39.9 Å². The summed E-state index contributed by atoms with van der Waals surface area (Å²) in [5.74, 6) is -0.337. The van der Waals surface area contributed by atoms with Crippen molar-refractivity contribution in [3.63, 3.8) is 0 Å². The molecular weight excluding hydrogens is 374 g/mol. The van der Waals surface area contributed by atoms with Crippen molar-refractivity contribution < 1.29 is 24.0 Å².